The van der Waals surface area contributed by atoms with Crippen molar-refractivity contribution < 1.29 is 23.8 Å². The molecule has 4 aliphatic carbocycles. The molecular weight excluding hydrogens is 368 g/mol. The fourth-order valence-corrected chi connectivity index (χ4v) is 8.00. The number of fused-ring (bicyclic) bond motifs is 6. The Hall–Kier alpha value is -1.04. The number of hydrogen-bond acceptors (Lipinski definition) is 5. The molecule has 0 N–H and O–H groups in total. The molecule has 7 atom stereocenters. The van der Waals surface area contributed by atoms with Gasteiger partial charge in [-0.15, -0.1) is 0 Å². The molecule has 5 aliphatic rings. The number of carbonyl (C=O) groups is 2. The lowest BCUT2D eigenvalue weighted by Crippen LogP contribution is -2.65. The van der Waals surface area contributed by atoms with Crippen LogP contribution in [0.5, 0.6) is 0 Å². The van der Waals surface area contributed by atoms with Crippen molar-refractivity contribution in [2.45, 2.75) is 83.7 Å². The Morgan fingerprint density at radius 1 is 1.00 bits per heavy atom. The highest BCUT2D eigenvalue weighted by molar-refractivity contribution is 5.92. The molecule has 3 saturated carbocycles. The molecule has 4 fully saturated rings. The van der Waals surface area contributed by atoms with Gasteiger partial charge in [0, 0.05) is 25.9 Å². The molecular formula is C24H34O5. The zero-order chi connectivity index (χ0) is 20.7. The maximum atomic E-state index is 13.2. The molecule has 0 aromatic heterocycles. The second kappa shape index (κ2) is 6.24. The highest BCUT2D eigenvalue weighted by Gasteiger charge is 2.70. The quantitative estimate of drug-likeness (QED) is 0.658. The molecule has 0 unspecified atom stereocenters. The first-order chi connectivity index (χ1) is 13.7. The maximum absolute atomic E-state index is 13.2. The van der Waals surface area contributed by atoms with Crippen LogP contribution >= 0.6 is 0 Å². The first kappa shape index (κ1) is 19.9. The van der Waals surface area contributed by atoms with E-state index in [2.05, 4.69) is 13.8 Å². The van der Waals surface area contributed by atoms with Crippen LogP contribution in [0.4, 0.5) is 0 Å². The van der Waals surface area contributed by atoms with Crippen molar-refractivity contribution >= 4 is 11.6 Å². The van der Waals surface area contributed by atoms with Gasteiger partial charge in [0.05, 0.1) is 0 Å². The van der Waals surface area contributed by atoms with Gasteiger partial charge in [0.25, 0.3) is 5.97 Å². The number of hydrogen-bond donors (Lipinski definition) is 0. The van der Waals surface area contributed by atoms with Gasteiger partial charge < -0.3 is 14.2 Å². The fraction of sp³-hybridized carbons (Fsp3) is 0.833. The lowest BCUT2D eigenvalue weighted by molar-refractivity contribution is -0.414. The highest BCUT2D eigenvalue weighted by atomic mass is 16.9. The molecule has 29 heavy (non-hydrogen) atoms. The van der Waals surface area contributed by atoms with E-state index < -0.39 is 11.6 Å². The van der Waals surface area contributed by atoms with Crippen molar-refractivity contribution in [3.8, 4) is 0 Å². The van der Waals surface area contributed by atoms with E-state index in [4.69, 9.17) is 14.2 Å². The number of methoxy groups -OCH3 is 1. The Morgan fingerprint density at radius 3 is 2.52 bits per heavy atom. The smallest absolute Gasteiger partial charge is 0.281 e. The number of carbonyl (C=O) groups excluding carboxylic acids is 2. The first-order valence-corrected chi connectivity index (χ1v) is 11.3. The van der Waals surface area contributed by atoms with Crippen molar-refractivity contribution in [1.29, 1.82) is 0 Å². The van der Waals surface area contributed by atoms with Gasteiger partial charge in [0.2, 0.25) is 0 Å². The van der Waals surface area contributed by atoms with Crippen molar-refractivity contribution in [3.63, 3.8) is 0 Å². The zero-order valence-electron chi connectivity index (χ0n) is 18.2. The summed E-state index contributed by atoms with van der Waals surface area (Å²) in [6.45, 7) is 6.53. The summed E-state index contributed by atoms with van der Waals surface area (Å²) in [7, 11) is 1.58. The second-order valence-electron chi connectivity index (χ2n) is 10.7. The fourth-order valence-electron chi connectivity index (χ4n) is 8.00. The van der Waals surface area contributed by atoms with Crippen LogP contribution in [-0.2, 0) is 23.8 Å². The summed E-state index contributed by atoms with van der Waals surface area (Å²) in [6.07, 6.45) is 9.65. The summed E-state index contributed by atoms with van der Waals surface area (Å²) in [4.78, 5) is 25.2. The van der Waals surface area contributed by atoms with Gasteiger partial charge in [-0.1, -0.05) is 19.4 Å². The molecule has 1 spiro atoms. The normalized spacial score (nSPS) is 52.0. The minimum atomic E-state index is -1.15. The number of ketones is 2. The zero-order valence-corrected chi connectivity index (χ0v) is 18.2. The van der Waals surface area contributed by atoms with Crippen LogP contribution in [0.25, 0.3) is 0 Å². The van der Waals surface area contributed by atoms with Crippen LogP contribution in [0.15, 0.2) is 11.6 Å². The third kappa shape index (κ3) is 2.50. The van der Waals surface area contributed by atoms with Gasteiger partial charge in [0.1, 0.15) is 12.2 Å². The van der Waals surface area contributed by atoms with Crippen LogP contribution in [-0.4, -0.2) is 36.9 Å². The molecule has 160 valence electrons. The van der Waals surface area contributed by atoms with Gasteiger partial charge >= 0.3 is 0 Å². The van der Waals surface area contributed by atoms with Crippen LogP contribution in [0.1, 0.15) is 72.1 Å². The Labute approximate surface area is 173 Å². The van der Waals surface area contributed by atoms with Crippen molar-refractivity contribution in [2.75, 3.05) is 13.7 Å². The summed E-state index contributed by atoms with van der Waals surface area (Å²) >= 11 is 0. The molecule has 0 bridgehead atoms. The van der Waals surface area contributed by atoms with Gasteiger partial charge in [0.15, 0.2) is 11.6 Å². The van der Waals surface area contributed by atoms with E-state index in [9.17, 15) is 9.59 Å². The summed E-state index contributed by atoms with van der Waals surface area (Å²) in [5, 5.41) is 0. The minimum Gasteiger partial charge on any atom is -0.331 e. The van der Waals surface area contributed by atoms with Gasteiger partial charge in [-0.25, -0.2) is 0 Å². The first-order valence-electron chi connectivity index (χ1n) is 11.3. The number of Topliss-reactive ketones (excluding diaryl/α,β-unsaturated/α-hetero) is 1. The van der Waals surface area contributed by atoms with E-state index in [-0.39, 0.29) is 23.2 Å². The summed E-state index contributed by atoms with van der Waals surface area (Å²) in [6, 6.07) is 0. The maximum Gasteiger partial charge on any atom is 0.281 e. The molecule has 1 aliphatic heterocycles. The van der Waals surface area contributed by atoms with Crippen LogP contribution < -0.4 is 0 Å². The van der Waals surface area contributed by atoms with Crippen molar-refractivity contribution in [3.05, 3.63) is 11.6 Å². The van der Waals surface area contributed by atoms with E-state index in [0.29, 0.717) is 30.0 Å². The lowest BCUT2D eigenvalue weighted by Gasteiger charge is -2.60. The predicted molar refractivity (Wildman–Crippen MR) is 107 cm³/mol. The Balaban J connectivity index is 1.50. The van der Waals surface area contributed by atoms with E-state index >= 15 is 0 Å². The van der Waals surface area contributed by atoms with Crippen LogP contribution in [0.2, 0.25) is 0 Å². The monoisotopic (exact) mass is 402 g/mol. The van der Waals surface area contributed by atoms with Crippen molar-refractivity contribution in [1.82, 2.24) is 0 Å². The van der Waals surface area contributed by atoms with Crippen molar-refractivity contribution in [2.24, 2.45) is 28.6 Å². The third-order valence-electron chi connectivity index (χ3n) is 9.73. The summed E-state index contributed by atoms with van der Waals surface area (Å²) < 4.78 is 17.5. The van der Waals surface area contributed by atoms with Crippen LogP contribution in [0.3, 0.4) is 0 Å². The predicted octanol–water partition coefficient (Wildman–Crippen LogP) is 4.19. The van der Waals surface area contributed by atoms with E-state index in [1.807, 2.05) is 6.08 Å². The average molecular weight is 403 g/mol. The molecule has 1 saturated heterocycles. The van der Waals surface area contributed by atoms with E-state index in [1.54, 1.807) is 14.0 Å². The Kier molecular flexibility index (Phi) is 4.28. The number of rotatable bonds is 1. The molecule has 0 aromatic rings. The lowest BCUT2D eigenvalue weighted by atomic mass is 9.46. The van der Waals surface area contributed by atoms with Gasteiger partial charge in [-0.3, -0.25) is 9.59 Å². The molecule has 0 radical (unpaired) electrons. The van der Waals surface area contributed by atoms with E-state index in [0.717, 1.165) is 44.9 Å². The molecule has 0 aromatic carbocycles. The van der Waals surface area contributed by atoms with Gasteiger partial charge in [-0.05, 0) is 74.2 Å². The summed E-state index contributed by atoms with van der Waals surface area (Å²) in [5.41, 5.74) is 0.550. The van der Waals surface area contributed by atoms with Crippen LogP contribution in [0, 0.1) is 28.6 Å². The topological polar surface area (TPSA) is 61.8 Å². The summed E-state index contributed by atoms with van der Waals surface area (Å²) in [5.74, 6) is 0.906. The molecule has 5 rings (SSSR count). The standard InChI is InChI=1S/C24H34O5/c1-21-10-7-16(25)13-15(21)5-6-17-18(21)8-11-22(2)19(17)9-12-24(22)20(26)14-28-23(3,27-4)29-24/h13,17-19H,5-12,14H2,1-4H3/t17-,18+,19+,21-,22-,23+,24+/m0/s1. The third-order valence-corrected chi connectivity index (χ3v) is 9.73. The Bertz CT molecular complexity index is 788. The second-order valence-corrected chi connectivity index (χ2v) is 10.7. The number of ether oxygens (including phenoxy) is 3. The highest BCUT2D eigenvalue weighted by Crippen LogP contribution is 2.69. The van der Waals surface area contributed by atoms with E-state index in [1.165, 1.54) is 5.57 Å². The molecule has 5 heteroatoms. The Morgan fingerprint density at radius 2 is 1.76 bits per heavy atom. The SMILES string of the molecule is CO[C@]1(C)OCC(=O)[C@@]2(CC[C@@H]3[C@H]4CCC5=CC(=O)CC[C@]5(C)[C@@H]4CC[C@@]32C)O1. The minimum absolute atomic E-state index is 0.0630. The van der Waals surface area contributed by atoms with Gasteiger partial charge in [-0.2, -0.15) is 0 Å². The molecule has 5 nitrogen and oxygen atoms in total. The number of allylic oxidation sites excluding steroid dienone is 1. The molecule has 0 amide bonds. The molecule has 1 heterocycles. The largest absolute Gasteiger partial charge is 0.331 e. The average Bonchev–Trinajstić information content (AvgIpc) is 2.99.